The van der Waals surface area contributed by atoms with Crippen LogP contribution in [0.1, 0.15) is 0 Å². The van der Waals surface area contributed by atoms with Gasteiger partial charge >= 0.3 is 0 Å². The van der Waals surface area contributed by atoms with Gasteiger partial charge in [-0.1, -0.05) is 39.7 Å². The highest BCUT2D eigenvalue weighted by Gasteiger charge is 2.14. The molecule has 2 aromatic carbocycles. The first-order chi connectivity index (χ1) is 9.56. The molecule has 1 aromatic heterocycles. The van der Waals surface area contributed by atoms with Crippen molar-refractivity contribution in [3.05, 3.63) is 57.7 Å². The molecule has 3 rings (SSSR count). The maximum atomic E-state index is 14.0. The van der Waals surface area contributed by atoms with E-state index < -0.39 is 11.6 Å². The average molecular weight is 356 g/mol. The Morgan fingerprint density at radius 2 is 1.75 bits per heavy atom. The van der Waals surface area contributed by atoms with Crippen LogP contribution < -0.4 is 0 Å². The standard InChI is InChI=1S/C14H6BrClF2N2/c15-7-5-9-12(11(18)6-7)19-14(20-13(9)16)8-3-1-2-4-10(8)17/h1-6H. The fourth-order valence-corrected chi connectivity index (χ4v) is 2.54. The van der Waals surface area contributed by atoms with Crippen molar-refractivity contribution >= 4 is 38.4 Å². The Bertz CT molecular complexity index is 824. The van der Waals surface area contributed by atoms with E-state index in [0.717, 1.165) is 0 Å². The number of hydrogen-bond donors (Lipinski definition) is 0. The highest BCUT2D eigenvalue weighted by Crippen LogP contribution is 2.29. The van der Waals surface area contributed by atoms with Gasteiger partial charge in [0, 0.05) is 9.86 Å². The summed E-state index contributed by atoms with van der Waals surface area (Å²) < 4.78 is 28.2. The smallest absolute Gasteiger partial charge is 0.164 e. The number of nitrogens with zero attached hydrogens (tertiary/aromatic N) is 2. The van der Waals surface area contributed by atoms with Crippen LogP contribution in [-0.4, -0.2) is 9.97 Å². The molecule has 0 amide bonds. The first-order valence-electron chi connectivity index (χ1n) is 5.63. The van der Waals surface area contributed by atoms with Gasteiger partial charge in [0.15, 0.2) is 11.6 Å². The molecule has 0 N–H and O–H groups in total. The van der Waals surface area contributed by atoms with Crippen molar-refractivity contribution in [3.8, 4) is 11.4 Å². The van der Waals surface area contributed by atoms with E-state index in [1.54, 1.807) is 18.2 Å². The molecule has 0 spiro atoms. The van der Waals surface area contributed by atoms with E-state index in [2.05, 4.69) is 25.9 Å². The van der Waals surface area contributed by atoms with Crippen LogP contribution in [0.15, 0.2) is 40.9 Å². The number of fused-ring (bicyclic) bond motifs is 1. The number of aromatic nitrogens is 2. The van der Waals surface area contributed by atoms with Gasteiger partial charge in [-0.25, -0.2) is 18.7 Å². The van der Waals surface area contributed by atoms with Gasteiger partial charge in [-0.2, -0.15) is 0 Å². The zero-order chi connectivity index (χ0) is 14.3. The predicted octanol–water partition coefficient (Wildman–Crippen LogP) is 4.99. The molecule has 0 aliphatic rings. The second-order valence-corrected chi connectivity index (χ2v) is 5.38. The molecule has 0 aliphatic heterocycles. The topological polar surface area (TPSA) is 25.8 Å². The van der Waals surface area contributed by atoms with Crippen molar-refractivity contribution in [2.24, 2.45) is 0 Å². The molecule has 0 saturated heterocycles. The number of benzene rings is 2. The first kappa shape index (κ1) is 13.4. The highest BCUT2D eigenvalue weighted by molar-refractivity contribution is 9.10. The van der Waals surface area contributed by atoms with Crippen LogP contribution in [0.3, 0.4) is 0 Å². The molecule has 0 fully saturated rings. The second-order valence-electron chi connectivity index (χ2n) is 4.10. The Kier molecular flexibility index (Phi) is 3.40. The van der Waals surface area contributed by atoms with Gasteiger partial charge < -0.3 is 0 Å². The molecule has 2 nitrogen and oxygen atoms in total. The van der Waals surface area contributed by atoms with Crippen molar-refractivity contribution in [1.29, 1.82) is 0 Å². The molecule has 3 aromatic rings. The normalized spacial score (nSPS) is 11.0. The van der Waals surface area contributed by atoms with E-state index in [1.807, 2.05) is 0 Å². The van der Waals surface area contributed by atoms with E-state index in [-0.39, 0.29) is 22.1 Å². The molecule has 0 bridgehead atoms. The van der Waals surface area contributed by atoms with Gasteiger partial charge in [0.1, 0.15) is 16.5 Å². The summed E-state index contributed by atoms with van der Waals surface area (Å²) in [5, 5.41) is 0.451. The summed E-state index contributed by atoms with van der Waals surface area (Å²) in [5.74, 6) is -0.974. The third kappa shape index (κ3) is 2.27. The van der Waals surface area contributed by atoms with Gasteiger partial charge in [0.05, 0.1) is 5.56 Å². The molecular weight excluding hydrogens is 350 g/mol. The van der Waals surface area contributed by atoms with E-state index in [1.165, 1.54) is 18.2 Å². The van der Waals surface area contributed by atoms with Crippen LogP contribution in [0.25, 0.3) is 22.3 Å². The Morgan fingerprint density at radius 3 is 2.50 bits per heavy atom. The van der Waals surface area contributed by atoms with E-state index >= 15 is 0 Å². The Balaban J connectivity index is 2.33. The lowest BCUT2D eigenvalue weighted by Crippen LogP contribution is -1.96. The molecule has 100 valence electrons. The van der Waals surface area contributed by atoms with Gasteiger partial charge in [-0.15, -0.1) is 0 Å². The zero-order valence-corrected chi connectivity index (χ0v) is 12.2. The fourth-order valence-electron chi connectivity index (χ4n) is 1.88. The van der Waals surface area contributed by atoms with E-state index in [9.17, 15) is 8.78 Å². The van der Waals surface area contributed by atoms with Crippen molar-refractivity contribution in [3.63, 3.8) is 0 Å². The summed E-state index contributed by atoms with van der Waals surface area (Å²) >= 11 is 9.23. The van der Waals surface area contributed by atoms with Crippen LogP contribution >= 0.6 is 27.5 Å². The van der Waals surface area contributed by atoms with E-state index in [0.29, 0.717) is 9.86 Å². The summed E-state index contributed by atoms with van der Waals surface area (Å²) in [7, 11) is 0. The molecule has 6 heteroatoms. The van der Waals surface area contributed by atoms with Crippen LogP contribution in [-0.2, 0) is 0 Å². The average Bonchev–Trinajstić information content (AvgIpc) is 2.40. The number of rotatable bonds is 1. The third-order valence-corrected chi connectivity index (χ3v) is 3.53. The minimum Gasteiger partial charge on any atom is -0.225 e. The summed E-state index contributed by atoms with van der Waals surface area (Å²) in [6, 6.07) is 8.90. The number of halogens is 4. The van der Waals surface area contributed by atoms with Crippen molar-refractivity contribution in [2.45, 2.75) is 0 Å². The van der Waals surface area contributed by atoms with Crippen LogP contribution in [0, 0.1) is 11.6 Å². The highest BCUT2D eigenvalue weighted by atomic mass is 79.9. The Labute approximate surface area is 126 Å². The minimum atomic E-state index is -0.545. The zero-order valence-electron chi connectivity index (χ0n) is 9.87. The van der Waals surface area contributed by atoms with Gasteiger partial charge in [-0.05, 0) is 24.3 Å². The monoisotopic (exact) mass is 354 g/mol. The number of hydrogen-bond acceptors (Lipinski definition) is 2. The molecule has 0 saturated carbocycles. The van der Waals surface area contributed by atoms with Gasteiger partial charge in [0.25, 0.3) is 0 Å². The molecule has 0 unspecified atom stereocenters. The van der Waals surface area contributed by atoms with E-state index in [4.69, 9.17) is 11.6 Å². The SMILES string of the molecule is Fc1ccccc1-c1nc(Cl)c2cc(Br)cc(F)c2n1. The van der Waals surface area contributed by atoms with Gasteiger partial charge in [0.2, 0.25) is 0 Å². The summed E-state index contributed by atoms with van der Waals surface area (Å²) in [4.78, 5) is 8.12. The summed E-state index contributed by atoms with van der Waals surface area (Å²) in [5.41, 5.74) is 0.241. The first-order valence-corrected chi connectivity index (χ1v) is 6.80. The maximum Gasteiger partial charge on any atom is 0.164 e. The van der Waals surface area contributed by atoms with Crippen molar-refractivity contribution < 1.29 is 8.78 Å². The Hall–Kier alpha value is -1.59. The molecule has 1 heterocycles. The largest absolute Gasteiger partial charge is 0.225 e. The van der Waals surface area contributed by atoms with Crippen molar-refractivity contribution in [1.82, 2.24) is 9.97 Å². The fraction of sp³-hybridized carbons (Fsp3) is 0. The van der Waals surface area contributed by atoms with Crippen LogP contribution in [0.4, 0.5) is 8.78 Å². The molecular formula is C14H6BrClF2N2. The maximum absolute atomic E-state index is 14.0. The second kappa shape index (κ2) is 5.07. The predicted molar refractivity (Wildman–Crippen MR) is 77.6 cm³/mol. The van der Waals surface area contributed by atoms with Crippen LogP contribution in [0.5, 0.6) is 0 Å². The summed E-state index contributed by atoms with van der Waals surface area (Å²) in [6.45, 7) is 0. The Morgan fingerprint density at radius 1 is 1.00 bits per heavy atom. The lowest BCUT2D eigenvalue weighted by Gasteiger charge is -2.06. The lowest BCUT2D eigenvalue weighted by atomic mass is 10.2. The van der Waals surface area contributed by atoms with Crippen molar-refractivity contribution in [2.75, 3.05) is 0 Å². The molecule has 0 aliphatic carbocycles. The third-order valence-electron chi connectivity index (χ3n) is 2.79. The molecule has 20 heavy (non-hydrogen) atoms. The molecule has 0 radical (unpaired) electrons. The quantitative estimate of drug-likeness (QED) is 0.575. The van der Waals surface area contributed by atoms with Gasteiger partial charge in [-0.3, -0.25) is 0 Å². The lowest BCUT2D eigenvalue weighted by molar-refractivity contribution is 0.628. The van der Waals surface area contributed by atoms with Crippen LogP contribution in [0.2, 0.25) is 5.15 Å². The summed E-state index contributed by atoms with van der Waals surface area (Å²) in [6.07, 6.45) is 0. The molecule has 0 atom stereocenters. The minimum absolute atomic E-state index is 0.0572.